The van der Waals surface area contributed by atoms with Crippen molar-refractivity contribution < 1.29 is 19.1 Å². The maximum Gasteiger partial charge on any atom is 0.407 e. The molecule has 0 aliphatic rings. The van der Waals surface area contributed by atoms with Crippen LogP contribution in [-0.2, 0) is 14.3 Å². The number of carbonyl (C=O) groups is 2. The minimum absolute atomic E-state index is 0.253. The maximum atomic E-state index is 11.9. The van der Waals surface area contributed by atoms with E-state index >= 15 is 0 Å². The Labute approximate surface area is 142 Å². The van der Waals surface area contributed by atoms with E-state index in [0.29, 0.717) is 26.3 Å². The Bertz CT molecular complexity index is 514. The highest BCUT2D eigenvalue weighted by Crippen LogP contribution is 2.08. The van der Waals surface area contributed by atoms with Gasteiger partial charge in [0.05, 0.1) is 13.2 Å². The van der Waals surface area contributed by atoms with Crippen molar-refractivity contribution in [3.05, 3.63) is 35.9 Å². The molecule has 1 rings (SSSR count). The average molecular weight is 337 g/mol. The van der Waals surface area contributed by atoms with Crippen molar-refractivity contribution >= 4 is 12.0 Å². The summed E-state index contributed by atoms with van der Waals surface area (Å²) in [4.78, 5) is 23.3. The molecule has 2 amide bonds. The molecule has 0 heterocycles. The molecule has 24 heavy (non-hydrogen) atoms. The minimum Gasteiger partial charge on any atom is -0.444 e. The van der Waals surface area contributed by atoms with Gasteiger partial charge >= 0.3 is 6.09 Å². The number of carbonyl (C=O) groups excluding carboxylic acids is 2. The van der Waals surface area contributed by atoms with Crippen LogP contribution in [0.5, 0.6) is 0 Å². The largest absolute Gasteiger partial charge is 0.444 e. The molecule has 0 unspecified atom stereocenters. The lowest BCUT2D eigenvalue weighted by molar-refractivity contribution is -0.122. The third kappa shape index (κ3) is 8.50. The third-order valence-electron chi connectivity index (χ3n) is 2.90. The zero-order valence-electron chi connectivity index (χ0n) is 14.5. The maximum absolute atomic E-state index is 11.9. The molecule has 0 spiro atoms. The van der Waals surface area contributed by atoms with E-state index < -0.39 is 17.7 Å². The fourth-order valence-electron chi connectivity index (χ4n) is 1.81. The summed E-state index contributed by atoms with van der Waals surface area (Å²) >= 11 is 0. The zero-order chi connectivity index (χ0) is 18.0. The second-order valence-corrected chi connectivity index (χ2v) is 6.22. The molecule has 0 saturated carbocycles. The molecule has 134 valence electrons. The molecule has 1 aromatic carbocycles. The van der Waals surface area contributed by atoms with Crippen molar-refractivity contribution in [1.82, 2.24) is 10.6 Å². The number of nitrogens with one attached hydrogen (secondary N) is 2. The summed E-state index contributed by atoms with van der Waals surface area (Å²) in [6, 6.07) is 8.46. The molecule has 0 aromatic heterocycles. The summed E-state index contributed by atoms with van der Waals surface area (Å²) < 4.78 is 10.4. The van der Waals surface area contributed by atoms with Gasteiger partial charge in [0.2, 0.25) is 5.91 Å². The number of hydrogen-bond donors (Lipinski definition) is 3. The van der Waals surface area contributed by atoms with E-state index in [4.69, 9.17) is 15.2 Å². The molecule has 1 atom stereocenters. The van der Waals surface area contributed by atoms with E-state index in [2.05, 4.69) is 10.6 Å². The molecule has 7 nitrogen and oxygen atoms in total. The molecule has 1 aromatic rings. The van der Waals surface area contributed by atoms with E-state index in [1.807, 2.05) is 30.3 Å². The number of ether oxygens (including phenoxy) is 2. The Morgan fingerprint density at radius 3 is 2.25 bits per heavy atom. The summed E-state index contributed by atoms with van der Waals surface area (Å²) in [7, 11) is 0. The standard InChI is InChI=1S/C17H27N3O4/c1-17(2,3)24-16(22)20-10-12-23-11-9-19-15(21)14(18)13-7-5-4-6-8-13/h4-8,14H,9-12,18H2,1-3H3,(H,19,21)(H,20,22)/t14-/m0/s1. The fourth-order valence-corrected chi connectivity index (χ4v) is 1.81. The monoisotopic (exact) mass is 337 g/mol. The first-order chi connectivity index (χ1) is 11.3. The molecule has 0 radical (unpaired) electrons. The van der Waals surface area contributed by atoms with Crippen LogP contribution in [0, 0.1) is 0 Å². The SMILES string of the molecule is CC(C)(C)OC(=O)NCCOCCNC(=O)[C@@H](N)c1ccccc1. The van der Waals surface area contributed by atoms with Crippen molar-refractivity contribution in [3.8, 4) is 0 Å². The van der Waals surface area contributed by atoms with Crippen LogP contribution in [0.25, 0.3) is 0 Å². The number of amides is 2. The molecular weight excluding hydrogens is 310 g/mol. The Kier molecular flexibility index (Phi) is 8.21. The molecule has 0 saturated heterocycles. The highest BCUT2D eigenvalue weighted by atomic mass is 16.6. The van der Waals surface area contributed by atoms with Crippen molar-refractivity contribution in [3.63, 3.8) is 0 Å². The van der Waals surface area contributed by atoms with Gasteiger partial charge in [-0.15, -0.1) is 0 Å². The van der Waals surface area contributed by atoms with Gasteiger partial charge in [-0.05, 0) is 26.3 Å². The van der Waals surface area contributed by atoms with Crippen LogP contribution in [0.2, 0.25) is 0 Å². The molecule has 0 bridgehead atoms. The van der Waals surface area contributed by atoms with Crippen LogP contribution in [0.15, 0.2) is 30.3 Å². The van der Waals surface area contributed by atoms with Gasteiger partial charge in [-0.1, -0.05) is 30.3 Å². The van der Waals surface area contributed by atoms with Crippen LogP contribution in [-0.4, -0.2) is 43.9 Å². The molecule has 0 fully saturated rings. The molecule has 0 aliphatic heterocycles. The van der Waals surface area contributed by atoms with Gasteiger partial charge < -0.3 is 25.8 Å². The van der Waals surface area contributed by atoms with Gasteiger partial charge in [0.25, 0.3) is 0 Å². The fraction of sp³-hybridized carbons (Fsp3) is 0.529. The molecule has 4 N–H and O–H groups in total. The topological polar surface area (TPSA) is 103 Å². The zero-order valence-corrected chi connectivity index (χ0v) is 14.5. The lowest BCUT2D eigenvalue weighted by Gasteiger charge is -2.19. The van der Waals surface area contributed by atoms with Crippen LogP contribution < -0.4 is 16.4 Å². The van der Waals surface area contributed by atoms with Gasteiger partial charge in [0.1, 0.15) is 11.6 Å². The first-order valence-electron chi connectivity index (χ1n) is 7.92. The van der Waals surface area contributed by atoms with Crippen molar-refractivity contribution in [1.29, 1.82) is 0 Å². The first-order valence-corrected chi connectivity index (χ1v) is 7.92. The highest BCUT2D eigenvalue weighted by Gasteiger charge is 2.16. The lowest BCUT2D eigenvalue weighted by Crippen LogP contribution is -2.36. The average Bonchev–Trinajstić information content (AvgIpc) is 2.52. The van der Waals surface area contributed by atoms with Crippen LogP contribution in [0.4, 0.5) is 4.79 Å². The lowest BCUT2D eigenvalue weighted by atomic mass is 10.1. The summed E-state index contributed by atoms with van der Waals surface area (Å²) in [5.41, 5.74) is 6.11. The van der Waals surface area contributed by atoms with Crippen molar-refractivity contribution in [2.24, 2.45) is 5.73 Å². The van der Waals surface area contributed by atoms with E-state index in [1.54, 1.807) is 20.8 Å². The molecule has 7 heteroatoms. The summed E-state index contributed by atoms with van der Waals surface area (Å²) in [6.45, 7) is 6.75. The Balaban J connectivity index is 2.08. The summed E-state index contributed by atoms with van der Waals surface area (Å²) in [5.74, 6) is -0.253. The summed E-state index contributed by atoms with van der Waals surface area (Å²) in [6.07, 6.45) is -0.478. The second-order valence-electron chi connectivity index (χ2n) is 6.22. The number of rotatable bonds is 8. The van der Waals surface area contributed by atoms with E-state index in [1.165, 1.54) is 0 Å². The highest BCUT2D eigenvalue weighted by molar-refractivity contribution is 5.82. The number of benzene rings is 1. The van der Waals surface area contributed by atoms with Gasteiger partial charge in [0, 0.05) is 13.1 Å². The van der Waals surface area contributed by atoms with E-state index in [9.17, 15) is 9.59 Å². The smallest absolute Gasteiger partial charge is 0.407 e. The molecule has 0 aliphatic carbocycles. The third-order valence-corrected chi connectivity index (χ3v) is 2.90. The summed E-state index contributed by atoms with van der Waals surface area (Å²) in [5, 5.41) is 5.30. The van der Waals surface area contributed by atoms with Crippen LogP contribution >= 0.6 is 0 Å². The van der Waals surface area contributed by atoms with Gasteiger partial charge in [-0.3, -0.25) is 4.79 Å². The first kappa shape index (κ1) is 19.9. The number of hydrogen-bond acceptors (Lipinski definition) is 5. The normalized spacial score (nSPS) is 12.3. The molecular formula is C17H27N3O4. The van der Waals surface area contributed by atoms with Crippen LogP contribution in [0.1, 0.15) is 32.4 Å². The van der Waals surface area contributed by atoms with Crippen molar-refractivity contribution in [2.75, 3.05) is 26.3 Å². The second kappa shape index (κ2) is 9.89. The predicted molar refractivity (Wildman–Crippen MR) is 91.4 cm³/mol. The minimum atomic E-state index is -0.694. The predicted octanol–water partition coefficient (Wildman–Crippen LogP) is 1.34. The van der Waals surface area contributed by atoms with E-state index in [0.717, 1.165) is 5.56 Å². The van der Waals surface area contributed by atoms with Gasteiger partial charge in [-0.2, -0.15) is 0 Å². The Hall–Kier alpha value is -2.12. The number of nitrogens with two attached hydrogens (primary N) is 1. The Morgan fingerprint density at radius 2 is 1.67 bits per heavy atom. The van der Waals surface area contributed by atoms with Crippen LogP contribution in [0.3, 0.4) is 0 Å². The van der Waals surface area contributed by atoms with Gasteiger partial charge in [0.15, 0.2) is 0 Å². The van der Waals surface area contributed by atoms with E-state index in [-0.39, 0.29) is 5.91 Å². The van der Waals surface area contributed by atoms with Gasteiger partial charge in [-0.25, -0.2) is 4.79 Å². The Morgan fingerprint density at radius 1 is 1.08 bits per heavy atom. The quantitative estimate of drug-likeness (QED) is 0.621. The number of alkyl carbamates (subject to hydrolysis) is 1. The van der Waals surface area contributed by atoms with Crippen molar-refractivity contribution in [2.45, 2.75) is 32.4 Å².